The van der Waals surface area contributed by atoms with Crippen molar-refractivity contribution in [2.45, 2.75) is 19.6 Å². The quantitative estimate of drug-likeness (QED) is 0.871. The molecule has 0 saturated heterocycles. The molecule has 0 spiro atoms. The molecule has 0 aliphatic carbocycles. The Labute approximate surface area is 97.3 Å². The minimum Gasteiger partial charge on any atom is -0.325 e. The lowest BCUT2D eigenvalue weighted by atomic mass is 10.3. The number of hydrogen-bond acceptors (Lipinski definition) is 6. The minimum absolute atomic E-state index is 0.0158. The second-order valence-corrected chi connectivity index (χ2v) is 4.26. The van der Waals surface area contributed by atoms with E-state index >= 15 is 0 Å². The first-order valence-corrected chi connectivity index (χ1v) is 5.27. The van der Waals surface area contributed by atoms with Crippen LogP contribution in [0.25, 0.3) is 5.13 Å². The largest absolute Gasteiger partial charge is 0.435 e. The number of nitrogens with zero attached hydrogens (tertiary/aromatic N) is 5. The maximum atomic E-state index is 12.8. The van der Waals surface area contributed by atoms with Gasteiger partial charge in [0.15, 0.2) is 5.69 Å². The topological polar surface area (TPSA) is 82.5 Å². The van der Waals surface area contributed by atoms with Crippen molar-refractivity contribution in [3.05, 3.63) is 16.4 Å². The summed E-state index contributed by atoms with van der Waals surface area (Å²) in [7, 11) is 0. The third-order valence-electron chi connectivity index (χ3n) is 1.90. The summed E-state index contributed by atoms with van der Waals surface area (Å²) in [5.41, 5.74) is 3.88. The molecule has 0 radical (unpaired) electrons. The molecule has 92 valence electrons. The summed E-state index contributed by atoms with van der Waals surface area (Å²) in [6, 6.07) is 0. The van der Waals surface area contributed by atoms with Crippen LogP contribution in [0.2, 0.25) is 0 Å². The highest BCUT2D eigenvalue weighted by Crippen LogP contribution is 2.32. The second kappa shape index (κ2) is 4.04. The summed E-state index contributed by atoms with van der Waals surface area (Å²) in [5.74, 6) is 0. The van der Waals surface area contributed by atoms with Gasteiger partial charge < -0.3 is 5.73 Å². The lowest BCUT2D eigenvalue weighted by Gasteiger charge is -2.07. The Morgan fingerprint density at radius 3 is 2.47 bits per heavy atom. The van der Waals surface area contributed by atoms with Crippen LogP contribution in [0, 0.1) is 6.92 Å². The minimum atomic E-state index is -4.59. The Morgan fingerprint density at radius 2 is 2.00 bits per heavy atom. The van der Waals surface area contributed by atoms with Gasteiger partial charge in [0.05, 0.1) is 0 Å². The van der Waals surface area contributed by atoms with E-state index in [0.717, 1.165) is 11.3 Å². The van der Waals surface area contributed by atoms with Gasteiger partial charge in [0.25, 0.3) is 0 Å². The van der Waals surface area contributed by atoms with E-state index in [0.29, 0.717) is 9.69 Å². The zero-order valence-electron chi connectivity index (χ0n) is 8.56. The lowest BCUT2D eigenvalue weighted by Crippen LogP contribution is -2.16. The van der Waals surface area contributed by atoms with Crippen molar-refractivity contribution in [2.24, 2.45) is 5.73 Å². The monoisotopic (exact) mass is 264 g/mol. The van der Waals surface area contributed by atoms with Gasteiger partial charge in [0.1, 0.15) is 10.7 Å². The molecule has 0 aliphatic rings. The molecular weight excluding hydrogens is 257 g/mol. The number of halogens is 3. The summed E-state index contributed by atoms with van der Waals surface area (Å²) in [6.07, 6.45) is -4.59. The Hall–Kier alpha value is -1.55. The van der Waals surface area contributed by atoms with E-state index in [1.807, 2.05) is 0 Å². The van der Waals surface area contributed by atoms with Crippen molar-refractivity contribution < 1.29 is 13.2 Å². The molecule has 0 amide bonds. The highest BCUT2D eigenvalue weighted by molar-refractivity contribution is 7.13. The molecule has 6 nitrogen and oxygen atoms in total. The Balaban J connectivity index is 2.59. The number of alkyl halides is 3. The molecule has 10 heteroatoms. The molecule has 0 fully saturated rings. The normalized spacial score (nSPS) is 12.1. The lowest BCUT2D eigenvalue weighted by molar-refractivity contribution is -0.143. The van der Waals surface area contributed by atoms with Gasteiger partial charge in [0.2, 0.25) is 5.13 Å². The van der Waals surface area contributed by atoms with Crippen LogP contribution < -0.4 is 5.73 Å². The van der Waals surface area contributed by atoms with Crippen molar-refractivity contribution >= 4 is 11.3 Å². The SMILES string of the molecule is Cc1nnc(-n2nnc(CN)c2C(F)(F)F)s1. The fourth-order valence-electron chi connectivity index (χ4n) is 1.24. The average molecular weight is 264 g/mol. The first-order chi connectivity index (χ1) is 7.93. The van der Waals surface area contributed by atoms with Crippen LogP contribution >= 0.6 is 11.3 Å². The smallest absolute Gasteiger partial charge is 0.325 e. The predicted octanol–water partition coefficient (Wildman–Crippen LogP) is 0.905. The Morgan fingerprint density at radius 1 is 1.29 bits per heavy atom. The van der Waals surface area contributed by atoms with Crippen LogP contribution in [-0.4, -0.2) is 25.2 Å². The zero-order chi connectivity index (χ0) is 12.6. The van der Waals surface area contributed by atoms with Gasteiger partial charge in [0, 0.05) is 6.54 Å². The molecule has 0 atom stereocenters. The zero-order valence-corrected chi connectivity index (χ0v) is 9.38. The van der Waals surface area contributed by atoms with Crippen molar-refractivity contribution in [1.29, 1.82) is 0 Å². The van der Waals surface area contributed by atoms with Gasteiger partial charge >= 0.3 is 6.18 Å². The van der Waals surface area contributed by atoms with E-state index in [9.17, 15) is 13.2 Å². The van der Waals surface area contributed by atoms with Crippen LogP contribution in [0.3, 0.4) is 0 Å². The van der Waals surface area contributed by atoms with Crippen LogP contribution in [0.5, 0.6) is 0 Å². The Bertz CT molecular complexity index is 530. The van der Waals surface area contributed by atoms with Gasteiger partial charge in [-0.25, -0.2) is 0 Å². The predicted molar refractivity (Wildman–Crippen MR) is 52.5 cm³/mol. The van der Waals surface area contributed by atoms with E-state index in [1.165, 1.54) is 0 Å². The summed E-state index contributed by atoms with van der Waals surface area (Å²) in [4.78, 5) is 0. The summed E-state index contributed by atoms with van der Waals surface area (Å²) in [5, 5.41) is 14.6. The third-order valence-corrected chi connectivity index (χ3v) is 2.71. The summed E-state index contributed by atoms with van der Waals surface area (Å²) < 4.78 is 39.1. The van der Waals surface area contributed by atoms with E-state index in [-0.39, 0.29) is 17.4 Å². The van der Waals surface area contributed by atoms with Crippen LogP contribution in [-0.2, 0) is 12.7 Å². The summed E-state index contributed by atoms with van der Waals surface area (Å²) in [6.45, 7) is 1.29. The van der Waals surface area contributed by atoms with Crippen LogP contribution in [0.15, 0.2) is 0 Å². The van der Waals surface area contributed by atoms with Gasteiger partial charge in [-0.05, 0) is 6.92 Å². The molecule has 0 unspecified atom stereocenters. The number of hydrogen-bond donors (Lipinski definition) is 1. The number of aryl methyl sites for hydroxylation is 1. The molecular formula is C7H7F3N6S. The van der Waals surface area contributed by atoms with Gasteiger partial charge in [-0.15, -0.1) is 15.3 Å². The molecule has 2 aromatic heterocycles. The molecule has 2 N–H and O–H groups in total. The van der Waals surface area contributed by atoms with E-state index < -0.39 is 11.9 Å². The fraction of sp³-hybridized carbons (Fsp3) is 0.429. The molecule has 2 heterocycles. The molecule has 0 bridgehead atoms. The maximum Gasteiger partial charge on any atom is 0.435 e. The third kappa shape index (κ3) is 2.13. The van der Waals surface area contributed by atoms with E-state index in [1.54, 1.807) is 6.92 Å². The fourth-order valence-corrected chi connectivity index (χ4v) is 1.88. The molecule has 0 aromatic carbocycles. The number of aromatic nitrogens is 5. The van der Waals surface area contributed by atoms with Crippen molar-refractivity contribution in [1.82, 2.24) is 25.2 Å². The van der Waals surface area contributed by atoms with Gasteiger partial charge in [-0.1, -0.05) is 16.6 Å². The summed E-state index contributed by atoms with van der Waals surface area (Å²) >= 11 is 0.992. The highest BCUT2D eigenvalue weighted by Gasteiger charge is 2.40. The average Bonchev–Trinajstić information content (AvgIpc) is 2.81. The van der Waals surface area contributed by atoms with Crippen molar-refractivity contribution in [2.75, 3.05) is 0 Å². The van der Waals surface area contributed by atoms with Crippen molar-refractivity contribution in [3.8, 4) is 5.13 Å². The van der Waals surface area contributed by atoms with Gasteiger partial charge in [-0.3, -0.25) is 0 Å². The van der Waals surface area contributed by atoms with E-state index in [2.05, 4.69) is 20.5 Å². The number of nitrogens with two attached hydrogens (primary N) is 1. The molecule has 17 heavy (non-hydrogen) atoms. The Kier molecular flexibility index (Phi) is 2.83. The molecule has 2 aromatic rings. The molecule has 0 aliphatic heterocycles. The standard InChI is InChI=1S/C7H7F3N6S/c1-3-12-14-6(17-3)16-5(7(8,9)10)4(2-11)13-15-16/h2,11H2,1H3. The van der Waals surface area contributed by atoms with Gasteiger partial charge in [-0.2, -0.15) is 17.9 Å². The highest BCUT2D eigenvalue weighted by atomic mass is 32.1. The number of rotatable bonds is 2. The van der Waals surface area contributed by atoms with Crippen molar-refractivity contribution in [3.63, 3.8) is 0 Å². The van der Waals surface area contributed by atoms with Crippen LogP contribution in [0.1, 0.15) is 16.4 Å². The van der Waals surface area contributed by atoms with E-state index in [4.69, 9.17) is 5.73 Å². The second-order valence-electron chi connectivity index (χ2n) is 3.10. The first-order valence-electron chi connectivity index (χ1n) is 4.46. The van der Waals surface area contributed by atoms with Crippen LogP contribution in [0.4, 0.5) is 13.2 Å². The maximum absolute atomic E-state index is 12.8. The molecule has 2 rings (SSSR count). The first kappa shape index (κ1) is 11.9. The molecule has 0 saturated carbocycles.